The van der Waals surface area contributed by atoms with Gasteiger partial charge in [-0.15, -0.1) is 5.10 Å². The Bertz CT molecular complexity index is 1570. The first kappa shape index (κ1) is 30.4. The predicted molar refractivity (Wildman–Crippen MR) is 165 cm³/mol. The molecule has 45 heavy (non-hydrogen) atoms. The van der Waals surface area contributed by atoms with Crippen LogP contribution in [-0.4, -0.2) is 81.0 Å². The summed E-state index contributed by atoms with van der Waals surface area (Å²) in [5.41, 5.74) is 3.90. The van der Waals surface area contributed by atoms with Gasteiger partial charge in [0.05, 0.1) is 18.0 Å². The van der Waals surface area contributed by atoms with Crippen molar-refractivity contribution in [1.29, 1.82) is 5.26 Å². The lowest BCUT2D eigenvalue weighted by atomic mass is 9.67. The van der Waals surface area contributed by atoms with E-state index in [0.717, 1.165) is 41.5 Å². The molecular weight excluding hydrogens is 570 g/mol. The highest BCUT2D eigenvalue weighted by Gasteiger charge is 2.54. The predicted octanol–water partition coefficient (Wildman–Crippen LogP) is 2.16. The van der Waals surface area contributed by atoms with E-state index in [0.29, 0.717) is 62.3 Å². The molecule has 1 saturated carbocycles. The number of H-pyrrole nitrogens is 1. The van der Waals surface area contributed by atoms with Crippen LogP contribution in [0.15, 0.2) is 36.4 Å². The maximum absolute atomic E-state index is 13.2. The molecule has 4 N–H and O–H groups in total. The van der Waals surface area contributed by atoms with E-state index in [-0.39, 0.29) is 35.8 Å². The minimum absolute atomic E-state index is 0.0690. The zero-order chi connectivity index (χ0) is 31.6. The Morgan fingerprint density at radius 2 is 1.62 bits per heavy atom. The Kier molecular flexibility index (Phi) is 8.38. The lowest BCUT2D eigenvalue weighted by molar-refractivity contribution is -0.130. The van der Waals surface area contributed by atoms with E-state index in [1.54, 1.807) is 4.90 Å². The van der Waals surface area contributed by atoms with Crippen molar-refractivity contribution >= 4 is 17.7 Å². The first-order chi connectivity index (χ1) is 21.8. The smallest absolute Gasteiger partial charge is 0.251 e. The summed E-state index contributed by atoms with van der Waals surface area (Å²) in [6.07, 6.45) is 5.10. The molecule has 3 aromatic rings. The number of nitriles is 1. The van der Waals surface area contributed by atoms with Crippen LogP contribution in [0, 0.1) is 11.3 Å². The van der Waals surface area contributed by atoms with E-state index in [4.69, 9.17) is 0 Å². The summed E-state index contributed by atoms with van der Waals surface area (Å²) >= 11 is 0. The van der Waals surface area contributed by atoms with Gasteiger partial charge in [-0.05, 0) is 116 Å². The number of carbonyl (C=O) groups excluding carboxylic acids is 3. The van der Waals surface area contributed by atoms with E-state index in [1.807, 2.05) is 50.2 Å². The van der Waals surface area contributed by atoms with Crippen molar-refractivity contribution in [3.8, 4) is 6.07 Å². The normalized spacial score (nSPS) is 19.0. The Hall–Kier alpha value is -4.63. The summed E-state index contributed by atoms with van der Waals surface area (Å²) in [6, 6.07) is 13.5. The molecule has 2 aromatic carbocycles. The number of hydrogen-bond donors (Lipinski definition) is 4. The number of nitrogens with one attached hydrogen (secondary N) is 4. The second-order valence-electron chi connectivity index (χ2n) is 12.3. The zero-order valence-electron chi connectivity index (χ0n) is 25.8. The van der Waals surface area contributed by atoms with E-state index in [2.05, 4.69) is 42.6 Å². The average Bonchev–Trinajstić information content (AvgIpc) is 3.40. The molecule has 234 valence electrons. The molecule has 2 aliphatic carbocycles. The third-order valence-electron chi connectivity index (χ3n) is 9.54. The monoisotopic (exact) mass is 609 g/mol. The van der Waals surface area contributed by atoms with Crippen molar-refractivity contribution in [2.45, 2.75) is 75.8 Å². The highest BCUT2D eigenvalue weighted by atomic mass is 16.2. The lowest BCUT2D eigenvalue weighted by Crippen LogP contribution is -2.47. The molecule has 2 heterocycles. The van der Waals surface area contributed by atoms with Gasteiger partial charge in [-0.25, -0.2) is 5.10 Å². The number of nitrogens with zero attached hydrogens (tertiary/aromatic N) is 5. The summed E-state index contributed by atoms with van der Waals surface area (Å²) in [6.45, 7) is 5.57. The quantitative estimate of drug-likeness (QED) is 0.271. The number of amides is 3. The fourth-order valence-electron chi connectivity index (χ4n) is 7.16. The van der Waals surface area contributed by atoms with Gasteiger partial charge in [-0.3, -0.25) is 14.4 Å². The SMILES string of the molecule is CCNC(=O)c1ccc2c(c1)CCc1cc(C(=O)NCC)ccc1C2(CC1(NCC(=O)N2CCC[C@H]2C#N)CC1)c1nnn[nH]1. The van der Waals surface area contributed by atoms with Crippen LogP contribution < -0.4 is 16.0 Å². The molecular formula is C33H39N9O3. The van der Waals surface area contributed by atoms with Gasteiger partial charge < -0.3 is 20.9 Å². The van der Waals surface area contributed by atoms with Crippen molar-refractivity contribution < 1.29 is 14.4 Å². The number of carbonyl (C=O) groups is 3. The van der Waals surface area contributed by atoms with Gasteiger partial charge in [0.15, 0.2) is 5.82 Å². The first-order valence-electron chi connectivity index (χ1n) is 15.9. The van der Waals surface area contributed by atoms with Crippen LogP contribution in [-0.2, 0) is 23.1 Å². The molecule has 1 aromatic heterocycles. The van der Waals surface area contributed by atoms with Gasteiger partial charge in [0, 0.05) is 36.3 Å². The van der Waals surface area contributed by atoms with Crippen molar-refractivity contribution in [3.63, 3.8) is 0 Å². The summed E-state index contributed by atoms with van der Waals surface area (Å²) in [7, 11) is 0. The minimum Gasteiger partial charge on any atom is -0.352 e. The molecule has 12 nitrogen and oxygen atoms in total. The maximum atomic E-state index is 13.2. The van der Waals surface area contributed by atoms with Gasteiger partial charge >= 0.3 is 0 Å². The summed E-state index contributed by atoms with van der Waals surface area (Å²) in [5, 5.41) is 34.5. The average molecular weight is 610 g/mol. The van der Waals surface area contributed by atoms with Gasteiger partial charge in [-0.1, -0.05) is 12.1 Å². The third-order valence-corrected chi connectivity index (χ3v) is 9.54. The minimum atomic E-state index is -0.862. The van der Waals surface area contributed by atoms with E-state index >= 15 is 0 Å². The van der Waals surface area contributed by atoms with Crippen molar-refractivity contribution in [2.75, 3.05) is 26.2 Å². The second kappa shape index (κ2) is 12.4. The molecule has 3 amide bonds. The molecule has 0 radical (unpaired) electrons. The van der Waals surface area contributed by atoms with E-state index in [1.165, 1.54) is 0 Å². The molecule has 12 heteroatoms. The number of fused-ring (bicyclic) bond motifs is 2. The number of tetrazole rings is 1. The Balaban J connectivity index is 1.45. The molecule has 1 atom stereocenters. The molecule has 0 bridgehead atoms. The number of aryl methyl sites for hydroxylation is 2. The number of benzene rings is 2. The van der Waals surface area contributed by atoms with Gasteiger partial charge in [0.25, 0.3) is 11.8 Å². The molecule has 6 rings (SSSR count). The second-order valence-corrected chi connectivity index (χ2v) is 12.3. The number of aromatic amines is 1. The van der Waals surface area contributed by atoms with Crippen LogP contribution >= 0.6 is 0 Å². The van der Waals surface area contributed by atoms with Crippen LogP contribution in [0.2, 0.25) is 0 Å². The van der Waals surface area contributed by atoms with Crippen molar-refractivity contribution in [1.82, 2.24) is 41.5 Å². The number of hydrogen-bond acceptors (Lipinski definition) is 8. The van der Waals surface area contributed by atoms with Crippen LogP contribution in [0.5, 0.6) is 0 Å². The van der Waals surface area contributed by atoms with Crippen LogP contribution in [0.3, 0.4) is 0 Å². The largest absolute Gasteiger partial charge is 0.352 e. The summed E-state index contributed by atoms with van der Waals surface area (Å²) in [5.74, 6) is 0.223. The zero-order valence-corrected chi connectivity index (χ0v) is 25.8. The topological polar surface area (TPSA) is 169 Å². The molecule has 1 aliphatic heterocycles. The van der Waals surface area contributed by atoms with E-state index < -0.39 is 5.41 Å². The van der Waals surface area contributed by atoms with Crippen molar-refractivity contribution in [3.05, 3.63) is 75.6 Å². The highest BCUT2D eigenvalue weighted by molar-refractivity contribution is 5.95. The lowest BCUT2D eigenvalue weighted by Gasteiger charge is -2.38. The summed E-state index contributed by atoms with van der Waals surface area (Å²) < 4.78 is 0. The van der Waals surface area contributed by atoms with Crippen LogP contribution in [0.1, 0.15) is 94.7 Å². The fraction of sp³-hybridized carbons (Fsp3) is 0.485. The number of aromatic nitrogens is 4. The van der Waals surface area contributed by atoms with Crippen LogP contribution in [0.4, 0.5) is 0 Å². The molecule has 3 aliphatic rings. The Labute approximate surface area is 262 Å². The highest BCUT2D eigenvalue weighted by Crippen LogP contribution is 2.53. The van der Waals surface area contributed by atoms with Gasteiger partial charge in [0.2, 0.25) is 5.91 Å². The first-order valence-corrected chi connectivity index (χ1v) is 15.9. The standard InChI is InChI=1S/C33H39N9O3/c1-3-35-29(44)23-9-11-26-21(16-23)7-8-22-17-24(30(45)36-4-2)10-12-27(22)33(26,31-38-40-41-39-31)20-32(13-14-32)37-19-28(43)42-15-5-6-25(42)18-34/h9-12,16-17,25,37H,3-8,13-15,19-20H2,1-2H3,(H,35,44)(H,36,45)(H,38,39,40,41)/t25-/m0/s1. The van der Waals surface area contributed by atoms with Crippen molar-refractivity contribution in [2.24, 2.45) is 0 Å². The molecule has 0 unspecified atom stereocenters. The Morgan fingerprint density at radius 3 is 2.13 bits per heavy atom. The number of likely N-dealkylation sites (tertiary alicyclic amines) is 1. The fourth-order valence-corrected chi connectivity index (χ4v) is 7.16. The molecule has 1 saturated heterocycles. The van der Waals surface area contributed by atoms with Crippen LogP contribution in [0.25, 0.3) is 0 Å². The molecule has 0 spiro atoms. The summed E-state index contributed by atoms with van der Waals surface area (Å²) in [4.78, 5) is 40.7. The number of rotatable bonds is 10. The molecule has 2 fully saturated rings. The van der Waals surface area contributed by atoms with Gasteiger partial charge in [-0.2, -0.15) is 5.26 Å². The Morgan fingerprint density at radius 1 is 1.00 bits per heavy atom. The van der Waals surface area contributed by atoms with Gasteiger partial charge in [0.1, 0.15) is 6.04 Å². The third kappa shape index (κ3) is 5.68. The van der Waals surface area contributed by atoms with E-state index in [9.17, 15) is 19.6 Å². The maximum Gasteiger partial charge on any atom is 0.251 e.